The molecule has 0 fully saturated rings. The van der Waals surface area contributed by atoms with Crippen molar-refractivity contribution in [2.45, 2.75) is 18.9 Å². The van der Waals surface area contributed by atoms with Crippen molar-refractivity contribution in [3.8, 4) is 5.75 Å². The predicted molar refractivity (Wildman–Crippen MR) is 67.3 cm³/mol. The highest BCUT2D eigenvalue weighted by Crippen LogP contribution is 2.20. The molecule has 0 aliphatic carbocycles. The Balaban J connectivity index is 2.70. The summed E-state index contributed by atoms with van der Waals surface area (Å²) in [5, 5.41) is 18.4. The van der Waals surface area contributed by atoms with Crippen LogP contribution < -0.4 is 0 Å². The molecule has 6 heteroatoms. The smallest absolute Gasteiger partial charge is 0.303 e. The van der Waals surface area contributed by atoms with Crippen LogP contribution in [-0.2, 0) is 4.79 Å². The summed E-state index contributed by atoms with van der Waals surface area (Å²) >= 11 is 5.74. The van der Waals surface area contributed by atoms with Gasteiger partial charge >= 0.3 is 5.97 Å². The van der Waals surface area contributed by atoms with E-state index in [-0.39, 0.29) is 18.6 Å². The quantitative estimate of drug-likeness (QED) is 0.783. The molecule has 1 aromatic carbocycles. The van der Waals surface area contributed by atoms with Crippen LogP contribution in [0.25, 0.3) is 0 Å². The van der Waals surface area contributed by atoms with E-state index in [1.54, 1.807) is 0 Å². The van der Waals surface area contributed by atoms with Gasteiger partial charge in [-0.2, -0.15) is 0 Å². The molecule has 0 saturated heterocycles. The second-order valence-corrected chi connectivity index (χ2v) is 4.16. The zero-order valence-corrected chi connectivity index (χ0v) is 10.3. The minimum Gasteiger partial charge on any atom is -0.507 e. The van der Waals surface area contributed by atoms with Crippen molar-refractivity contribution >= 4 is 23.8 Å². The van der Waals surface area contributed by atoms with Crippen LogP contribution in [0, 0.1) is 0 Å². The number of nitrogens with zero attached hydrogens (tertiary/aromatic N) is 1. The largest absolute Gasteiger partial charge is 0.507 e. The van der Waals surface area contributed by atoms with Crippen molar-refractivity contribution in [2.24, 2.45) is 4.99 Å². The first-order valence-corrected chi connectivity index (χ1v) is 5.70. The van der Waals surface area contributed by atoms with Crippen LogP contribution in [0.2, 0.25) is 5.02 Å². The molecule has 0 radical (unpaired) electrons. The summed E-state index contributed by atoms with van der Waals surface area (Å²) in [6.45, 7) is -0.745. The van der Waals surface area contributed by atoms with Gasteiger partial charge in [-0.3, -0.25) is 9.79 Å². The maximum Gasteiger partial charge on any atom is 0.303 e. The Labute approximate surface area is 109 Å². The second-order valence-electron chi connectivity index (χ2n) is 3.72. The van der Waals surface area contributed by atoms with Crippen molar-refractivity contribution in [3.05, 3.63) is 28.8 Å². The highest BCUT2D eigenvalue weighted by molar-refractivity contribution is 6.30. The molecule has 2 N–H and O–H groups in total. The minimum atomic E-state index is -0.991. The summed E-state index contributed by atoms with van der Waals surface area (Å²) in [5.74, 6) is -1.01. The summed E-state index contributed by atoms with van der Waals surface area (Å²) in [6, 6.07) is 3.70. The number of benzene rings is 1. The number of hydrogen-bond donors (Lipinski definition) is 2. The molecule has 1 aromatic rings. The van der Waals surface area contributed by atoms with Gasteiger partial charge in [0.15, 0.2) is 0 Å². The minimum absolute atomic E-state index is 0.0148. The topological polar surface area (TPSA) is 69.9 Å². The van der Waals surface area contributed by atoms with Gasteiger partial charge in [-0.1, -0.05) is 11.6 Å². The number of aliphatic imine (C=N–C) groups is 1. The molecule has 0 aromatic heterocycles. The summed E-state index contributed by atoms with van der Waals surface area (Å²) < 4.78 is 12.6. The zero-order chi connectivity index (χ0) is 13.5. The van der Waals surface area contributed by atoms with Crippen molar-refractivity contribution < 1.29 is 19.4 Å². The van der Waals surface area contributed by atoms with Gasteiger partial charge in [0.1, 0.15) is 12.4 Å². The van der Waals surface area contributed by atoms with Crippen LogP contribution in [0.15, 0.2) is 23.2 Å². The highest BCUT2D eigenvalue weighted by Gasteiger charge is 2.08. The number of carboxylic acid groups (broad SMARTS) is 1. The number of carboxylic acids is 1. The Bertz CT molecular complexity index is 451. The van der Waals surface area contributed by atoms with Crippen LogP contribution in [0.3, 0.4) is 0 Å². The number of aromatic hydroxyl groups is 1. The first-order valence-electron chi connectivity index (χ1n) is 5.32. The summed E-state index contributed by atoms with van der Waals surface area (Å²) in [5.41, 5.74) is 0.372. The number of carbonyl (C=O) groups is 1. The Kier molecular flexibility index (Phi) is 5.58. The standard InChI is InChI=1S/C12H13ClFNO3/c13-9-1-3-11(16)8(5-9)7-15-10(6-14)2-4-12(17)18/h1,3,5,7,10,16H,2,4,6H2,(H,17,18)/t10-/m0/s1. The van der Waals surface area contributed by atoms with Gasteiger partial charge < -0.3 is 10.2 Å². The molecular weight excluding hydrogens is 261 g/mol. The van der Waals surface area contributed by atoms with Crippen LogP contribution in [0.4, 0.5) is 4.39 Å². The summed E-state index contributed by atoms with van der Waals surface area (Å²) in [4.78, 5) is 14.3. The van der Waals surface area contributed by atoms with E-state index in [1.807, 2.05) is 0 Å². The number of phenols is 1. The molecule has 0 spiro atoms. The molecule has 0 saturated carbocycles. The summed E-state index contributed by atoms with van der Waals surface area (Å²) in [6.07, 6.45) is 1.27. The van der Waals surface area contributed by atoms with E-state index < -0.39 is 18.7 Å². The highest BCUT2D eigenvalue weighted by atomic mass is 35.5. The fourth-order valence-electron chi connectivity index (χ4n) is 1.30. The second kappa shape index (κ2) is 6.96. The average molecular weight is 274 g/mol. The molecule has 0 bridgehead atoms. The fraction of sp³-hybridized carbons (Fsp3) is 0.333. The average Bonchev–Trinajstić information content (AvgIpc) is 2.33. The fourth-order valence-corrected chi connectivity index (χ4v) is 1.48. The van der Waals surface area contributed by atoms with Gasteiger partial charge in [-0.25, -0.2) is 4.39 Å². The normalized spacial score (nSPS) is 12.8. The number of phenolic OH excluding ortho intramolecular Hbond substituents is 1. The molecule has 18 heavy (non-hydrogen) atoms. The first-order chi connectivity index (χ1) is 8.52. The number of rotatable bonds is 6. The van der Waals surface area contributed by atoms with Gasteiger partial charge in [0.05, 0.1) is 6.04 Å². The van der Waals surface area contributed by atoms with Crippen LogP contribution in [0.5, 0.6) is 5.75 Å². The monoisotopic (exact) mass is 273 g/mol. The Morgan fingerprint density at radius 1 is 1.56 bits per heavy atom. The lowest BCUT2D eigenvalue weighted by molar-refractivity contribution is -0.137. The van der Waals surface area contributed by atoms with E-state index in [1.165, 1.54) is 24.4 Å². The lowest BCUT2D eigenvalue weighted by atomic mass is 10.1. The van der Waals surface area contributed by atoms with Crippen molar-refractivity contribution in [1.29, 1.82) is 0 Å². The first kappa shape index (κ1) is 14.4. The molecule has 0 aliphatic heterocycles. The van der Waals surface area contributed by atoms with Crippen molar-refractivity contribution in [3.63, 3.8) is 0 Å². The maximum atomic E-state index is 12.6. The number of aliphatic carboxylic acids is 1. The Morgan fingerprint density at radius 3 is 2.89 bits per heavy atom. The lowest BCUT2D eigenvalue weighted by Gasteiger charge is -2.06. The van der Waals surface area contributed by atoms with Crippen molar-refractivity contribution in [1.82, 2.24) is 0 Å². The number of alkyl halides is 1. The molecular formula is C12H13ClFNO3. The van der Waals surface area contributed by atoms with E-state index in [0.29, 0.717) is 10.6 Å². The Hall–Kier alpha value is -1.62. The third-order valence-corrected chi connectivity index (χ3v) is 2.52. The van der Waals surface area contributed by atoms with Crippen LogP contribution in [-0.4, -0.2) is 35.1 Å². The molecule has 0 heterocycles. The number of hydrogen-bond acceptors (Lipinski definition) is 3. The molecule has 1 atom stereocenters. The van der Waals surface area contributed by atoms with E-state index in [2.05, 4.69) is 4.99 Å². The van der Waals surface area contributed by atoms with E-state index >= 15 is 0 Å². The van der Waals surface area contributed by atoms with E-state index in [4.69, 9.17) is 16.7 Å². The molecule has 98 valence electrons. The maximum absolute atomic E-state index is 12.6. The number of halogens is 2. The summed E-state index contributed by atoms with van der Waals surface area (Å²) in [7, 11) is 0. The van der Waals surface area contributed by atoms with Crippen LogP contribution >= 0.6 is 11.6 Å². The van der Waals surface area contributed by atoms with Gasteiger partial charge in [0.25, 0.3) is 0 Å². The predicted octanol–water partition coefficient (Wildman–Crippen LogP) is 2.67. The molecule has 0 aliphatic rings. The lowest BCUT2D eigenvalue weighted by Crippen LogP contribution is -2.10. The molecule has 0 amide bonds. The SMILES string of the molecule is O=C(O)CC[C@@H](CF)N=Cc1cc(Cl)ccc1O. The van der Waals surface area contributed by atoms with Gasteiger partial charge in [-0.05, 0) is 24.6 Å². The van der Waals surface area contributed by atoms with Crippen LogP contribution in [0.1, 0.15) is 18.4 Å². The van der Waals surface area contributed by atoms with Crippen molar-refractivity contribution in [2.75, 3.05) is 6.67 Å². The zero-order valence-electron chi connectivity index (χ0n) is 9.51. The molecule has 4 nitrogen and oxygen atoms in total. The van der Waals surface area contributed by atoms with E-state index in [0.717, 1.165) is 0 Å². The molecule has 0 unspecified atom stereocenters. The van der Waals surface area contributed by atoms with Gasteiger partial charge in [0.2, 0.25) is 0 Å². The van der Waals surface area contributed by atoms with Gasteiger partial charge in [0, 0.05) is 23.2 Å². The third-order valence-electron chi connectivity index (χ3n) is 2.28. The van der Waals surface area contributed by atoms with Gasteiger partial charge in [-0.15, -0.1) is 0 Å². The molecule has 1 rings (SSSR count). The Morgan fingerprint density at radius 2 is 2.28 bits per heavy atom. The third kappa shape index (κ3) is 4.71. The van der Waals surface area contributed by atoms with E-state index in [9.17, 15) is 14.3 Å².